The molecule has 0 saturated carbocycles. The highest BCUT2D eigenvalue weighted by Gasteiger charge is 2.26. The van der Waals surface area contributed by atoms with Crippen LogP contribution < -0.4 is 10.2 Å². The van der Waals surface area contributed by atoms with Crippen LogP contribution in [0.2, 0.25) is 0 Å². The number of piperazine rings is 1. The van der Waals surface area contributed by atoms with Crippen LogP contribution in [0.3, 0.4) is 0 Å². The molecule has 0 aromatic heterocycles. The number of carbonyl (C=O) groups is 1. The number of aryl methyl sites for hydroxylation is 1. The van der Waals surface area contributed by atoms with Gasteiger partial charge < -0.3 is 10.2 Å². The minimum Gasteiger partial charge on any atom is -0.367 e. The van der Waals surface area contributed by atoms with Crippen LogP contribution in [0.4, 0.5) is 15.8 Å². The van der Waals surface area contributed by atoms with Crippen molar-refractivity contribution in [2.45, 2.75) is 19.9 Å². The lowest BCUT2D eigenvalue weighted by Crippen LogP contribution is -2.53. The molecule has 0 aliphatic carbocycles. The van der Waals surface area contributed by atoms with E-state index in [0.717, 1.165) is 24.3 Å². The molecule has 1 heterocycles. The summed E-state index contributed by atoms with van der Waals surface area (Å²) in [5.41, 5.74) is 2.54. The van der Waals surface area contributed by atoms with Gasteiger partial charge in [-0.2, -0.15) is 0 Å². The van der Waals surface area contributed by atoms with Gasteiger partial charge in [-0.15, -0.1) is 0 Å². The monoisotopic (exact) mass is 341 g/mol. The molecule has 4 nitrogen and oxygen atoms in total. The van der Waals surface area contributed by atoms with Crippen molar-refractivity contribution >= 4 is 17.3 Å². The Labute approximate surface area is 148 Å². The summed E-state index contributed by atoms with van der Waals surface area (Å²) in [7, 11) is 0. The van der Waals surface area contributed by atoms with Gasteiger partial charge in [-0.3, -0.25) is 9.69 Å². The summed E-state index contributed by atoms with van der Waals surface area (Å²) in [4.78, 5) is 16.7. The molecule has 1 aliphatic rings. The molecule has 0 radical (unpaired) electrons. The fourth-order valence-electron chi connectivity index (χ4n) is 3.17. The number of anilines is 2. The summed E-state index contributed by atoms with van der Waals surface area (Å²) < 4.78 is 13.9. The molecular formula is C20H24FN3O. The van der Waals surface area contributed by atoms with Gasteiger partial charge in [0.2, 0.25) is 5.91 Å². The van der Waals surface area contributed by atoms with Crippen LogP contribution in [-0.2, 0) is 4.79 Å². The molecule has 2 aromatic rings. The van der Waals surface area contributed by atoms with E-state index in [1.807, 2.05) is 49.1 Å². The normalized spacial score (nSPS) is 16.5. The van der Waals surface area contributed by atoms with Crippen molar-refractivity contribution in [3.8, 4) is 0 Å². The number of hydrogen-bond acceptors (Lipinski definition) is 3. The molecule has 1 saturated heterocycles. The average molecular weight is 341 g/mol. The van der Waals surface area contributed by atoms with E-state index in [1.54, 1.807) is 12.1 Å². The molecule has 1 amide bonds. The predicted octanol–water partition coefficient (Wildman–Crippen LogP) is 3.28. The van der Waals surface area contributed by atoms with Crippen molar-refractivity contribution in [2.75, 3.05) is 36.4 Å². The Balaban J connectivity index is 1.58. The Morgan fingerprint density at radius 3 is 2.36 bits per heavy atom. The number of para-hydroxylation sites is 2. The molecule has 3 rings (SSSR count). The number of rotatable bonds is 4. The van der Waals surface area contributed by atoms with Gasteiger partial charge in [0.15, 0.2) is 0 Å². The zero-order valence-corrected chi connectivity index (χ0v) is 14.7. The molecular weight excluding hydrogens is 317 g/mol. The summed E-state index contributed by atoms with van der Waals surface area (Å²) in [5, 5.41) is 3.01. The Morgan fingerprint density at radius 1 is 1.04 bits per heavy atom. The van der Waals surface area contributed by atoms with E-state index in [2.05, 4.69) is 10.2 Å². The number of benzene rings is 2. The SMILES string of the molecule is Cc1ccccc1NC(=O)[C@@H](C)N1CCN(c2ccccc2F)CC1. The number of nitrogens with one attached hydrogen (secondary N) is 1. The number of amides is 1. The van der Waals surface area contributed by atoms with Crippen molar-refractivity contribution in [1.29, 1.82) is 0 Å². The average Bonchev–Trinajstić information content (AvgIpc) is 2.63. The highest BCUT2D eigenvalue weighted by Crippen LogP contribution is 2.21. The Morgan fingerprint density at radius 2 is 1.68 bits per heavy atom. The van der Waals surface area contributed by atoms with Gasteiger partial charge in [0.1, 0.15) is 5.82 Å². The lowest BCUT2D eigenvalue weighted by atomic mass is 10.1. The molecule has 132 valence electrons. The Kier molecular flexibility index (Phi) is 5.34. The number of carbonyl (C=O) groups excluding carboxylic acids is 1. The maximum absolute atomic E-state index is 13.9. The van der Waals surface area contributed by atoms with Crippen LogP contribution in [0.25, 0.3) is 0 Å². The lowest BCUT2D eigenvalue weighted by Gasteiger charge is -2.38. The second-order valence-electron chi connectivity index (χ2n) is 6.45. The standard InChI is InChI=1S/C20H24FN3O/c1-15-7-3-5-9-18(15)22-20(25)16(2)23-11-13-24(14-12-23)19-10-6-4-8-17(19)21/h3-10,16H,11-14H2,1-2H3,(H,22,25)/t16-/m1/s1. The van der Waals surface area contributed by atoms with Gasteiger partial charge >= 0.3 is 0 Å². The topological polar surface area (TPSA) is 35.6 Å². The molecule has 1 fully saturated rings. The van der Waals surface area contributed by atoms with Crippen molar-refractivity contribution in [1.82, 2.24) is 4.90 Å². The van der Waals surface area contributed by atoms with Crippen LogP contribution >= 0.6 is 0 Å². The van der Waals surface area contributed by atoms with Crippen LogP contribution in [0.5, 0.6) is 0 Å². The lowest BCUT2D eigenvalue weighted by molar-refractivity contribution is -0.120. The smallest absolute Gasteiger partial charge is 0.241 e. The van der Waals surface area contributed by atoms with E-state index < -0.39 is 0 Å². The molecule has 1 N–H and O–H groups in total. The predicted molar refractivity (Wildman–Crippen MR) is 99.5 cm³/mol. The third-order valence-electron chi connectivity index (χ3n) is 4.84. The molecule has 0 bridgehead atoms. The Hall–Kier alpha value is -2.40. The minimum atomic E-state index is -0.220. The summed E-state index contributed by atoms with van der Waals surface area (Å²) in [6, 6.07) is 14.4. The highest BCUT2D eigenvalue weighted by molar-refractivity contribution is 5.95. The van der Waals surface area contributed by atoms with E-state index in [4.69, 9.17) is 0 Å². The summed E-state index contributed by atoms with van der Waals surface area (Å²) >= 11 is 0. The number of hydrogen-bond donors (Lipinski definition) is 1. The van der Waals surface area contributed by atoms with Gasteiger partial charge in [-0.1, -0.05) is 30.3 Å². The van der Waals surface area contributed by atoms with Gasteiger partial charge in [-0.25, -0.2) is 4.39 Å². The first-order valence-electron chi connectivity index (χ1n) is 8.66. The van der Waals surface area contributed by atoms with E-state index >= 15 is 0 Å². The third kappa shape index (κ3) is 3.99. The van der Waals surface area contributed by atoms with Crippen LogP contribution in [0, 0.1) is 12.7 Å². The summed E-state index contributed by atoms with van der Waals surface area (Å²) in [5.74, 6) is -0.199. The highest BCUT2D eigenvalue weighted by atomic mass is 19.1. The number of halogens is 1. The quantitative estimate of drug-likeness (QED) is 0.927. The van der Waals surface area contributed by atoms with E-state index in [-0.39, 0.29) is 17.8 Å². The summed E-state index contributed by atoms with van der Waals surface area (Å²) in [6.45, 7) is 6.79. The van der Waals surface area contributed by atoms with Gasteiger partial charge in [-0.05, 0) is 37.6 Å². The molecule has 0 spiro atoms. The second-order valence-corrected chi connectivity index (χ2v) is 6.45. The first kappa shape index (κ1) is 17.4. The third-order valence-corrected chi connectivity index (χ3v) is 4.84. The summed E-state index contributed by atoms with van der Waals surface area (Å²) in [6.07, 6.45) is 0. The maximum Gasteiger partial charge on any atom is 0.241 e. The first-order valence-corrected chi connectivity index (χ1v) is 8.66. The number of nitrogens with zero attached hydrogens (tertiary/aromatic N) is 2. The van der Waals surface area contributed by atoms with Crippen molar-refractivity contribution in [3.05, 3.63) is 59.9 Å². The molecule has 5 heteroatoms. The van der Waals surface area contributed by atoms with E-state index in [0.29, 0.717) is 18.8 Å². The van der Waals surface area contributed by atoms with Gasteiger partial charge in [0, 0.05) is 31.9 Å². The zero-order chi connectivity index (χ0) is 17.8. The largest absolute Gasteiger partial charge is 0.367 e. The fraction of sp³-hybridized carbons (Fsp3) is 0.350. The van der Waals surface area contributed by atoms with Crippen molar-refractivity contribution < 1.29 is 9.18 Å². The van der Waals surface area contributed by atoms with Crippen LogP contribution in [-0.4, -0.2) is 43.0 Å². The molecule has 2 aromatic carbocycles. The first-order chi connectivity index (χ1) is 12.1. The molecule has 25 heavy (non-hydrogen) atoms. The molecule has 0 unspecified atom stereocenters. The maximum atomic E-state index is 13.9. The van der Waals surface area contributed by atoms with Crippen molar-refractivity contribution in [2.24, 2.45) is 0 Å². The van der Waals surface area contributed by atoms with Gasteiger partial charge in [0.05, 0.1) is 11.7 Å². The fourth-order valence-corrected chi connectivity index (χ4v) is 3.17. The van der Waals surface area contributed by atoms with E-state index in [1.165, 1.54) is 6.07 Å². The van der Waals surface area contributed by atoms with Gasteiger partial charge in [0.25, 0.3) is 0 Å². The zero-order valence-electron chi connectivity index (χ0n) is 14.7. The second kappa shape index (κ2) is 7.66. The molecule has 1 atom stereocenters. The van der Waals surface area contributed by atoms with Crippen LogP contribution in [0.15, 0.2) is 48.5 Å². The van der Waals surface area contributed by atoms with Crippen LogP contribution in [0.1, 0.15) is 12.5 Å². The van der Waals surface area contributed by atoms with E-state index in [9.17, 15) is 9.18 Å². The molecule has 1 aliphatic heterocycles. The minimum absolute atomic E-state index is 0.00589. The van der Waals surface area contributed by atoms with Crippen molar-refractivity contribution in [3.63, 3.8) is 0 Å². The Bertz CT molecular complexity index is 741.